The Morgan fingerprint density at radius 3 is 2.70 bits per heavy atom. The monoisotopic (exact) mass is 146 g/mol. The van der Waals surface area contributed by atoms with Gasteiger partial charge >= 0.3 is 0 Å². The van der Waals surface area contributed by atoms with Gasteiger partial charge in [-0.2, -0.15) is 0 Å². The molecule has 60 valence electrons. The van der Waals surface area contributed by atoms with Gasteiger partial charge in [0, 0.05) is 13.5 Å². The topological polar surface area (TPSA) is 38.7 Å². The van der Waals surface area contributed by atoms with Gasteiger partial charge in [-0.1, -0.05) is 0 Å². The fourth-order valence-electron chi connectivity index (χ4n) is 1.26. The van der Waals surface area contributed by atoms with Crippen molar-refractivity contribution in [3.05, 3.63) is 0 Å². The summed E-state index contributed by atoms with van der Waals surface area (Å²) in [6.07, 6.45) is 1.13. The van der Waals surface area contributed by atoms with E-state index in [0.717, 1.165) is 6.42 Å². The van der Waals surface area contributed by atoms with Crippen LogP contribution in [0.5, 0.6) is 0 Å². The van der Waals surface area contributed by atoms with E-state index in [9.17, 15) is 0 Å². The lowest BCUT2D eigenvalue weighted by molar-refractivity contribution is -0.188. The third kappa shape index (κ3) is 1.94. The Morgan fingerprint density at radius 2 is 2.20 bits per heavy atom. The average Bonchev–Trinajstić information content (AvgIpc) is 1.85. The zero-order valence-electron chi connectivity index (χ0n) is 6.41. The third-order valence-corrected chi connectivity index (χ3v) is 1.78. The van der Waals surface area contributed by atoms with Crippen LogP contribution in [0.1, 0.15) is 19.8 Å². The highest BCUT2D eigenvalue weighted by molar-refractivity contribution is 4.69. The van der Waals surface area contributed by atoms with Gasteiger partial charge in [0.2, 0.25) is 0 Å². The van der Waals surface area contributed by atoms with Crippen molar-refractivity contribution < 1.29 is 14.6 Å². The van der Waals surface area contributed by atoms with E-state index < -0.39 is 6.29 Å². The number of aliphatic hydroxyl groups is 1. The highest BCUT2D eigenvalue weighted by Gasteiger charge is 2.24. The van der Waals surface area contributed by atoms with E-state index in [1.54, 1.807) is 7.11 Å². The van der Waals surface area contributed by atoms with Crippen molar-refractivity contribution in [3.63, 3.8) is 0 Å². The van der Waals surface area contributed by atoms with Crippen molar-refractivity contribution in [2.24, 2.45) is 0 Å². The van der Waals surface area contributed by atoms with Crippen molar-refractivity contribution in [1.82, 2.24) is 0 Å². The first-order valence-electron chi connectivity index (χ1n) is 3.58. The molecule has 3 heteroatoms. The van der Waals surface area contributed by atoms with Crippen LogP contribution >= 0.6 is 0 Å². The standard InChI is InChI=1S/C7H14O3/c1-5-3-6(9-2)4-7(8)10-5/h5-8H,3-4H2,1-2H3/t5?,6-,7-/m1/s1. The van der Waals surface area contributed by atoms with Crippen LogP contribution in [0.3, 0.4) is 0 Å². The van der Waals surface area contributed by atoms with Gasteiger partial charge in [-0.3, -0.25) is 0 Å². The molecule has 0 spiro atoms. The molecule has 0 amide bonds. The molecule has 0 aromatic carbocycles. The average molecular weight is 146 g/mol. The molecule has 1 heterocycles. The van der Waals surface area contributed by atoms with Crippen LogP contribution in [0.2, 0.25) is 0 Å². The lowest BCUT2D eigenvalue weighted by Gasteiger charge is -2.29. The lowest BCUT2D eigenvalue weighted by Crippen LogP contribution is -2.34. The Kier molecular flexibility index (Phi) is 2.65. The van der Waals surface area contributed by atoms with Crippen molar-refractivity contribution in [2.75, 3.05) is 7.11 Å². The second kappa shape index (κ2) is 3.32. The summed E-state index contributed by atoms with van der Waals surface area (Å²) < 4.78 is 10.2. The number of aliphatic hydroxyl groups excluding tert-OH is 1. The summed E-state index contributed by atoms with van der Waals surface area (Å²) in [7, 11) is 1.66. The number of hydrogen-bond donors (Lipinski definition) is 1. The first kappa shape index (κ1) is 7.98. The van der Waals surface area contributed by atoms with Crippen LogP contribution in [0.25, 0.3) is 0 Å². The quantitative estimate of drug-likeness (QED) is 0.586. The second-order valence-corrected chi connectivity index (χ2v) is 2.73. The summed E-state index contributed by atoms with van der Waals surface area (Å²) in [5.74, 6) is 0. The maximum absolute atomic E-state index is 9.08. The van der Waals surface area contributed by atoms with Gasteiger partial charge in [-0.25, -0.2) is 0 Å². The predicted octanol–water partition coefficient (Wildman–Crippen LogP) is 0.519. The molecule has 1 aliphatic rings. The third-order valence-electron chi connectivity index (χ3n) is 1.78. The molecule has 1 rings (SSSR count). The zero-order valence-corrected chi connectivity index (χ0v) is 6.41. The Labute approximate surface area is 60.9 Å². The Morgan fingerprint density at radius 1 is 1.50 bits per heavy atom. The minimum absolute atomic E-state index is 0.119. The lowest BCUT2D eigenvalue weighted by atomic mass is 10.1. The molecule has 1 N–H and O–H groups in total. The van der Waals surface area contributed by atoms with Gasteiger partial charge in [0.25, 0.3) is 0 Å². The summed E-state index contributed by atoms with van der Waals surface area (Å²) >= 11 is 0. The molecule has 1 saturated heterocycles. The normalized spacial score (nSPS) is 41.7. The molecule has 0 aliphatic carbocycles. The summed E-state index contributed by atoms with van der Waals surface area (Å²) in [6, 6.07) is 0. The minimum Gasteiger partial charge on any atom is -0.381 e. The first-order valence-corrected chi connectivity index (χ1v) is 3.58. The van der Waals surface area contributed by atoms with Crippen LogP contribution in [0.4, 0.5) is 0 Å². The first-order chi connectivity index (χ1) is 4.72. The van der Waals surface area contributed by atoms with Crippen LogP contribution in [-0.2, 0) is 9.47 Å². The minimum atomic E-state index is -0.631. The van der Waals surface area contributed by atoms with Gasteiger partial charge in [-0.05, 0) is 13.3 Å². The van der Waals surface area contributed by atoms with Crippen LogP contribution in [0.15, 0.2) is 0 Å². The van der Waals surface area contributed by atoms with Gasteiger partial charge < -0.3 is 14.6 Å². The van der Waals surface area contributed by atoms with E-state index in [2.05, 4.69) is 0 Å². The van der Waals surface area contributed by atoms with Crippen molar-refractivity contribution in [1.29, 1.82) is 0 Å². The molecular formula is C7H14O3. The fraction of sp³-hybridized carbons (Fsp3) is 1.00. The van der Waals surface area contributed by atoms with Gasteiger partial charge in [0.1, 0.15) is 0 Å². The molecular weight excluding hydrogens is 132 g/mol. The number of hydrogen-bond acceptors (Lipinski definition) is 3. The van der Waals surface area contributed by atoms with E-state index >= 15 is 0 Å². The van der Waals surface area contributed by atoms with Crippen molar-refractivity contribution in [3.8, 4) is 0 Å². The fourth-order valence-corrected chi connectivity index (χ4v) is 1.26. The van der Waals surface area contributed by atoms with E-state index in [1.807, 2.05) is 6.92 Å². The smallest absolute Gasteiger partial charge is 0.157 e. The molecule has 1 fully saturated rings. The molecule has 0 bridgehead atoms. The number of ether oxygens (including phenoxy) is 2. The van der Waals surface area contributed by atoms with Crippen LogP contribution in [0, 0.1) is 0 Å². The van der Waals surface area contributed by atoms with Crippen molar-refractivity contribution >= 4 is 0 Å². The molecule has 0 aromatic heterocycles. The Bertz CT molecular complexity index is 95.0. The molecule has 1 unspecified atom stereocenters. The van der Waals surface area contributed by atoms with Gasteiger partial charge in [0.15, 0.2) is 6.29 Å². The molecule has 3 atom stereocenters. The molecule has 0 saturated carbocycles. The Balaban J connectivity index is 2.35. The van der Waals surface area contributed by atoms with Crippen LogP contribution < -0.4 is 0 Å². The van der Waals surface area contributed by atoms with E-state index in [-0.39, 0.29) is 12.2 Å². The maximum Gasteiger partial charge on any atom is 0.157 e. The zero-order chi connectivity index (χ0) is 7.56. The van der Waals surface area contributed by atoms with Gasteiger partial charge in [-0.15, -0.1) is 0 Å². The molecule has 10 heavy (non-hydrogen) atoms. The SMILES string of the molecule is CO[C@@H]1CC(C)O[C@@H](O)C1. The van der Waals surface area contributed by atoms with E-state index in [0.29, 0.717) is 6.42 Å². The van der Waals surface area contributed by atoms with Crippen molar-refractivity contribution in [2.45, 2.75) is 38.3 Å². The number of methoxy groups -OCH3 is 1. The summed E-state index contributed by atoms with van der Waals surface area (Å²) in [5.41, 5.74) is 0. The largest absolute Gasteiger partial charge is 0.381 e. The van der Waals surface area contributed by atoms with E-state index in [4.69, 9.17) is 14.6 Å². The summed E-state index contributed by atoms with van der Waals surface area (Å²) in [6.45, 7) is 1.94. The highest BCUT2D eigenvalue weighted by Crippen LogP contribution is 2.19. The number of rotatable bonds is 1. The molecule has 1 aliphatic heterocycles. The highest BCUT2D eigenvalue weighted by atomic mass is 16.6. The molecule has 3 nitrogen and oxygen atoms in total. The second-order valence-electron chi connectivity index (χ2n) is 2.73. The maximum atomic E-state index is 9.08. The molecule has 0 radical (unpaired) electrons. The summed E-state index contributed by atoms with van der Waals surface area (Å²) in [4.78, 5) is 0. The summed E-state index contributed by atoms with van der Waals surface area (Å²) in [5, 5.41) is 9.08. The predicted molar refractivity (Wildman–Crippen MR) is 36.6 cm³/mol. The Hall–Kier alpha value is -0.120. The van der Waals surface area contributed by atoms with Gasteiger partial charge in [0.05, 0.1) is 12.2 Å². The molecule has 0 aromatic rings. The van der Waals surface area contributed by atoms with Crippen LogP contribution in [-0.4, -0.2) is 30.7 Å². The van der Waals surface area contributed by atoms with E-state index in [1.165, 1.54) is 0 Å².